The first-order valence-electron chi connectivity index (χ1n) is 9.47. The summed E-state index contributed by atoms with van der Waals surface area (Å²) in [6.45, 7) is 7.31. The summed E-state index contributed by atoms with van der Waals surface area (Å²) in [6.07, 6.45) is 0.502. The van der Waals surface area contributed by atoms with Crippen molar-refractivity contribution in [3.8, 4) is 5.75 Å². The van der Waals surface area contributed by atoms with Crippen molar-refractivity contribution in [2.75, 3.05) is 19.7 Å². The van der Waals surface area contributed by atoms with Crippen LogP contribution < -0.4 is 10.1 Å². The Labute approximate surface area is 176 Å². The number of carbonyl (C=O) groups excluding carboxylic acids is 1. The molecule has 0 unspecified atom stereocenters. The molecule has 10 heteroatoms. The lowest BCUT2D eigenvalue weighted by Gasteiger charge is -2.32. The van der Waals surface area contributed by atoms with E-state index in [0.29, 0.717) is 31.7 Å². The van der Waals surface area contributed by atoms with E-state index >= 15 is 0 Å². The van der Waals surface area contributed by atoms with Crippen molar-refractivity contribution in [3.63, 3.8) is 0 Å². The molecule has 0 saturated carbocycles. The molecule has 29 heavy (non-hydrogen) atoms. The van der Waals surface area contributed by atoms with E-state index in [2.05, 4.69) is 15.6 Å². The zero-order valence-electron chi connectivity index (χ0n) is 17.3. The van der Waals surface area contributed by atoms with Gasteiger partial charge >= 0.3 is 6.09 Å². The van der Waals surface area contributed by atoms with Gasteiger partial charge in [-0.3, -0.25) is 0 Å². The highest BCUT2D eigenvalue weighted by Crippen LogP contribution is 2.25. The Morgan fingerprint density at radius 2 is 1.90 bits per heavy atom. The third-order valence-corrected chi connectivity index (χ3v) is 6.42. The number of hydrogen-bond acceptors (Lipinski definition) is 6. The maximum Gasteiger partial charge on any atom is 0.407 e. The van der Waals surface area contributed by atoms with Gasteiger partial charge in [0.2, 0.25) is 10.0 Å². The Bertz CT molecular complexity index is 814. The molecule has 0 bridgehead atoms. The molecule has 1 aliphatic heterocycles. The van der Waals surface area contributed by atoms with E-state index in [4.69, 9.17) is 9.47 Å². The van der Waals surface area contributed by atoms with E-state index in [1.807, 2.05) is 0 Å². The van der Waals surface area contributed by atoms with E-state index in [9.17, 15) is 18.3 Å². The molecule has 0 aliphatic carbocycles. The number of amides is 1. The van der Waals surface area contributed by atoms with Gasteiger partial charge in [0.1, 0.15) is 16.6 Å². The van der Waals surface area contributed by atoms with Crippen LogP contribution in [0.1, 0.15) is 40.5 Å². The number of nitrogens with zero attached hydrogens (tertiary/aromatic N) is 1. The molecular formula is C19H29N2O6SSi. The van der Waals surface area contributed by atoms with Crippen LogP contribution in [0, 0.1) is 0 Å². The summed E-state index contributed by atoms with van der Waals surface area (Å²) in [5, 5.41) is 11.1. The minimum absolute atomic E-state index is 0.119. The van der Waals surface area contributed by atoms with Gasteiger partial charge < -0.3 is 19.9 Å². The molecule has 1 aromatic carbocycles. The van der Waals surface area contributed by atoms with Crippen LogP contribution in [0.3, 0.4) is 0 Å². The monoisotopic (exact) mass is 441 g/mol. The van der Waals surface area contributed by atoms with E-state index < -0.39 is 26.9 Å². The lowest BCUT2D eigenvalue weighted by molar-refractivity contribution is 0.0489. The molecule has 3 radical (unpaired) electrons. The molecule has 0 spiro atoms. The summed E-state index contributed by atoms with van der Waals surface area (Å²) in [6, 6.07) is 6.04. The second kappa shape index (κ2) is 9.03. The van der Waals surface area contributed by atoms with Gasteiger partial charge in [0.15, 0.2) is 0 Å². The molecule has 1 aromatic rings. The van der Waals surface area contributed by atoms with E-state index in [0.717, 1.165) is 0 Å². The predicted octanol–water partition coefficient (Wildman–Crippen LogP) is 1.62. The molecule has 0 aromatic heterocycles. The fourth-order valence-corrected chi connectivity index (χ4v) is 4.48. The number of piperidine rings is 1. The van der Waals surface area contributed by atoms with E-state index in [1.165, 1.54) is 16.4 Å². The lowest BCUT2D eigenvalue weighted by Crippen LogP contribution is -2.47. The Hall–Kier alpha value is -1.62. The van der Waals surface area contributed by atoms with Crippen LogP contribution in [-0.2, 0) is 14.8 Å². The number of hydrogen-bond donors (Lipinski definition) is 2. The SMILES string of the molecule is CC(C)(C)OC(=O)NC1CCN(S(=O)(=O)c2cccc(O[C@@](C)([Si])CO)c2)CC1. The average molecular weight is 442 g/mol. The number of alkyl carbamates (subject to hydrolysis) is 1. The largest absolute Gasteiger partial charge is 0.490 e. The van der Waals surface area contributed by atoms with Gasteiger partial charge in [-0.15, -0.1) is 0 Å². The molecule has 1 amide bonds. The Kier molecular flexibility index (Phi) is 7.36. The number of carbonyl (C=O) groups is 1. The van der Waals surface area contributed by atoms with Crippen LogP contribution in [0.2, 0.25) is 0 Å². The minimum Gasteiger partial charge on any atom is -0.490 e. The summed E-state index contributed by atoms with van der Waals surface area (Å²) < 4.78 is 38.2. The predicted molar refractivity (Wildman–Crippen MR) is 109 cm³/mol. The molecule has 1 saturated heterocycles. The fourth-order valence-electron chi connectivity index (χ4n) is 2.85. The molecule has 2 N–H and O–H groups in total. The molecule has 1 heterocycles. The lowest BCUT2D eigenvalue weighted by atomic mass is 10.1. The van der Waals surface area contributed by atoms with Gasteiger partial charge in [-0.1, -0.05) is 6.07 Å². The van der Waals surface area contributed by atoms with Crippen molar-refractivity contribution in [1.82, 2.24) is 9.62 Å². The standard InChI is InChI=1S/C19H29N2O6SSi/c1-18(2,3)27-17(23)20-14-8-10-21(11-9-14)28(24,25)16-7-5-6-15(12-16)26-19(4,29)13-22/h5-7,12,14,22H,8-11,13H2,1-4H3,(H,20,23)/t19-/m0/s1. The number of nitrogens with one attached hydrogen (secondary N) is 1. The number of ether oxygens (including phenoxy) is 2. The Morgan fingerprint density at radius 3 is 2.45 bits per heavy atom. The van der Waals surface area contributed by atoms with E-state index in [1.54, 1.807) is 39.8 Å². The third kappa shape index (κ3) is 6.98. The van der Waals surface area contributed by atoms with Gasteiger partial charge in [-0.05, 0) is 52.7 Å². The van der Waals surface area contributed by atoms with Crippen molar-refractivity contribution in [1.29, 1.82) is 0 Å². The summed E-state index contributed by atoms with van der Waals surface area (Å²) in [7, 11) is -0.404. The number of aliphatic hydroxyl groups is 1. The van der Waals surface area contributed by atoms with Crippen molar-refractivity contribution in [2.24, 2.45) is 0 Å². The molecule has 1 atom stereocenters. The number of benzene rings is 1. The summed E-state index contributed by atoms with van der Waals surface area (Å²) >= 11 is 0. The fraction of sp³-hybridized carbons (Fsp3) is 0.632. The van der Waals surface area contributed by atoms with Crippen LogP contribution in [0.4, 0.5) is 4.79 Å². The minimum atomic E-state index is -3.70. The highest BCUT2D eigenvalue weighted by molar-refractivity contribution is 7.89. The quantitative estimate of drug-likeness (QED) is 0.650. The topological polar surface area (TPSA) is 105 Å². The number of aliphatic hydroxyl groups excluding tert-OH is 1. The van der Waals surface area contributed by atoms with Gasteiger partial charge in [0.05, 0.1) is 21.7 Å². The zero-order valence-corrected chi connectivity index (χ0v) is 19.1. The second-order valence-corrected chi connectivity index (χ2v) is 11.3. The first-order chi connectivity index (χ1) is 13.3. The smallest absolute Gasteiger partial charge is 0.407 e. The van der Waals surface area contributed by atoms with Crippen LogP contribution in [0.15, 0.2) is 29.2 Å². The zero-order chi connectivity index (χ0) is 21.9. The number of sulfonamides is 1. The molecule has 161 valence electrons. The molecule has 2 rings (SSSR count). The van der Waals surface area contributed by atoms with Crippen LogP contribution in [0.25, 0.3) is 0 Å². The van der Waals surface area contributed by atoms with Gasteiger partial charge in [0.25, 0.3) is 0 Å². The van der Waals surface area contributed by atoms with Crippen molar-refractivity contribution >= 4 is 26.4 Å². The van der Waals surface area contributed by atoms with Crippen LogP contribution in [0.5, 0.6) is 5.75 Å². The highest BCUT2D eigenvalue weighted by Gasteiger charge is 2.31. The van der Waals surface area contributed by atoms with Gasteiger partial charge in [-0.2, -0.15) is 4.31 Å². The highest BCUT2D eigenvalue weighted by atomic mass is 32.2. The van der Waals surface area contributed by atoms with Crippen molar-refractivity contribution < 1.29 is 27.8 Å². The van der Waals surface area contributed by atoms with Crippen LogP contribution in [-0.4, -0.2) is 70.7 Å². The van der Waals surface area contributed by atoms with Crippen LogP contribution >= 0.6 is 0 Å². The summed E-state index contributed by atoms with van der Waals surface area (Å²) in [5.41, 5.74) is -0.581. The molecule has 8 nitrogen and oxygen atoms in total. The summed E-state index contributed by atoms with van der Waals surface area (Å²) in [5.74, 6) is 0.333. The number of rotatable bonds is 6. The molecule has 1 fully saturated rings. The molecule has 1 aliphatic rings. The third-order valence-electron chi connectivity index (χ3n) is 4.26. The van der Waals surface area contributed by atoms with Gasteiger partial charge in [0, 0.05) is 25.2 Å². The normalized spacial score (nSPS) is 18.7. The van der Waals surface area contributed by atoms with Crippen molar-refractivity contribution in [2.45, 2.75) is 62.3 Å². The van der Waals surface area contributed by atoms with Gasteiger partial charge in [-0.25, -0.2) is 13.2 Å². The molecular weight excluding hydrogens is 412 g/mol. The van der Waals surface area contributed by atoms with E-state index in [-0.39, 0.29) is 17.5 Å². The maximum atomic E-state index is 13.0. The Morgan fingerprint density at radius 1 is 1.28 bits per heavy atom. The summed E-state index contributed by atoms with van der Waals surface area (Å²) in [4.78, 5) is 12.0. The average Bonchev–Trinajstić information content (AvgIpc) is 2.60. The van der Waals surface area contributed by atoms with Crippen molar-refractivity contribution in [3.05, 3.63) is 24.3 Å². The maximum absolute atomic E-state index is 13.0. The first kappa shape index (κ1) is 23.7. The first-order valence-corrected chi connectivity index (χ1v) is 11.4. The second-order valence-electron chi connectivity index (χ2n) is 8.29. The Balaban J connectivity index is 2.00.